The van der Waals surface area contributed by atoms with Gasteiger partial charge in [-0.3, -0.25) is 4.90 Å². The second kappa shape index (κ2) is 7.11. The van der Waals surface area contributed by atoms with Gasteiger partial charge >= 0.3 is 6.08 Å². The lowest BCUT2D eigenvalue weighted by atomic mass is 9.96. The summed E-state index contributed by atoms with van der Waals surface area (Å²) in [6.07, 6.45) is 0.347. The fraction of sp³-hybridized carbons (Fsp3) is 0.588. The molecule has 0 radical (unpaired) electrons. The summed E-state index contributed by atoms with van der Waals surface area (Å²) in [5, 5.41) is 0.152. The van der Waals surface area contributed by atoms with Crippen LogP contribution in [0.4, 0.5) is 0 Å². The summed E-state index contributed by atoms with van der Waals surface area (Å²) in [4.78, 5) is 2.43. The van der Waals surface area contributed by atoms with E-state index in [1.807, 2.05) is 0 Å². The number of hydrogen-bond donors (Lipinski definition) is 0. The first-order chi connectivity index (χ1) is 11.1. The molecule has 1 aromatic rings. The number of morpholine rings is 1. The van der Waals surface area contributed by atoms with E-state index in [1.165, 1.54) is 23.1 Å². The zero-order chi connectivity index (χ0) is 16.3. The number of nitrogens with zero attached hydrogens (tertiary/aromatic N) is 2. The van der Waals surface area contributed by atoms with Crippen LogP contribution in [0.1, 0.15) is 30.2 Å². The third kappa shape index (κ3) is 4.00. The SMILES string of the molecule is COC1=NSC(c2ccc(CN3CCOCC3)cc2)C(C)(C)O1. The molecule has 1 unspecified atom stereocenters. The molecule has 0 saturated carbocycles. The first kappa shape index (κ1) is 16.6. The standard InChI is InChI=1S/C17H24N2O3S/c1-17(2)15(23-18-16(20-3)22-17)14-6-4-13(5-7-14)12-19-8-10-21-11-9-19/h4-7,15H,8-12H2,1-3H3. The highest BCUT2D eigenvalue weighted by Gasteiger charge is 2.38. The fourth-order valence-electron chi connectivity index (χ4n) is 2.88. The van der Waals surface area contributed by atoms with Crippen LogP contribution in [0.15, 0.2) is 28.7 Å². The average molecular weight is 336 g/mol. The topological polar surface area (TPSA) is 43.3 Å². The van der Waals surface area contributed by atoms with Crippen molar-refractivity contribution in [2.45, 2.75) is 31.2 Å². The highest BCUT2D eigenvalue weighted by Crippen LogP contribution is 2.44. The van der Waals surface area contributed by atoms with Crippen molar-refractivity contribution in [3.8, 4) is 0 Å². The highest BCUT2D eigenvalue weighted by atomic mass is 32.2. The van der Waals surface area contributed by atoms with E-state index in [9.17, 15) is 0 Å². The third-order valence-electron chi connectivity index (χ3n) is 4.18. The summed E-state index contributed by atoms with van der Waals surface area (Å²) in [6, 6.07) is 8.78. The monoisotopic (exact) mass is 336 g/mol. The predicted molar refractivity (Wildman–Crippen MR) is 92.5 cm³/mol. The van der Waals surface area contributed by atoms with Crippen molar-refractivity contribution < 1.29 is 14.2 Å². The molecular weight excluding hydrogens is 312 g/mol. The van der Waals surface area contributed by atoms with E-state index in [4.69, 9.17) is 14.2 Å². The van der Waals surface area contributed by atoms with Gasteiger partial charge in [0.15, 0.2) is 0 Å². The third-order valence-corrected chi connectivity index (χ3v) is 5.49. The lowest BCUT2D eigenvalue weighted by molar-refractivity contribution is 0.0341. The molecule has 5 nitrogen and oxygen atoms in total. The lowest BCUT2D eigenvalue weighted by Crippen LogP contribution is -2.37. The molecule has 1 saturated heterocycles. The Bertz CT molecular complexity index is 553. The summed E-state index contributed by atoms with van der Waals surface area (Å²) in [5.41, 5.74) is 2.20. The van der Waals surface area contributed by atoms with Gasteiger partial charge in [0, 0.05) is 19.6 Å². The normalized spacial score (nSPS) is 24.7. The molecule has 0 aromatic heterocycles. The first-order valence-electron chi connectivity index (χ1n) is 7.94. The van der Waals surface area contributed by atoms with Crippen molar-refractivity contribution in [2.75, 3.05) is 33.4 Å². The quantitative estimate of drug-likeness (QED) is 0.794. The zero-order valence-electron chi connectivity index (χ0n) is 13.9. The molecule has 0 amide bonds. The molecule has 0 aliphatic carbocycles. The Balaban J connectivity index is 1.68. The van der Waals surface area contributed by atoms with E-state index >= 15 is 0 Å². The van der Waals surface area contributed by atoms with Crippen molar-refractivity contribution >= 4 is 18.0 Å². The van der Waals surface area contributed by atoms with Gasteiger partial charge in [-0.2, -0.15) is 0 Å². The molecule has 1 fully saturated rings. The molecule has 0 bridgehead atoms. The fourth-order valence-corrected chi connectivity index (χ4v) is 3.76. The molecule has 2 aliphatic rings. The Morgan fingerprint density at radius 1 is 1.26 bits per heavy atom. The van der Waals surface area contributed by atoms with Crippen molar-refractivity contribution in [3.05, 3.63) is 35.4 Å². The predicted octanol–water partition coefficient (Wildman–Crippen LogP) is 3.02. The van der Waals surface area contributed by atoms with E-state index in [0.717, 1.165) is 32.8 Å². The molecule has 126 valence electrons. The van der Waals surface area contributed by atoms with Crippen LogP contribution in [0.25, 0.3) is 0 Å². The summed E-state index contributed by atoms with van der Waals surface area (Å²) in [6.45, 7) is 8.81. The molecule has 2 aliphatic heterocycles. The van der Waals surface area contributed by atoms with Crippen LogP contribution in [0.3, 0.4) is 0 Å². The summed E-state index contributed by atoms with van der Waals surface area (Å²) < 4.78 is 20.6. The van der Waals surface area contributed by atoms with E-state index < -0.39 is 0 Å². The van der Waals surface area contributed by atoms with E-state index in [2.05, 4.69) is 47.4 Å². The van der Waals surface area contributed by atoms with Crippen molar-refractivity contribution in [3.63, 3.8) is 0 Å². The zero-order valence-corrected chi connectivity index (χ0v) is 14.8. The molecule has 0 spiro atoms. The van der Waals surface area contributed by atoms with E-state index in [0.29, 0.717) is 6.08 Å². The van der Waals surface area contributed by atoms with E-state index in [-0.39, 0.29) is 10.9 Å². The smallest absolute Gasteiger partial charge is 0.395 e. The molecule has 2 heterocycles. The molecule has 6 heteroatoms. The van der Waals surface area contributed by atoms with Gasteiger partial charge in [-0.15, -0.1) is 4.40 Å². The minimum atomic E-state index is -0.358. The Morgan fingerprint density at radius 3 is 2.57 bits per heavy atom. The van der Waals surface area contributed by atoms with Crippen LogP contribution in [-0.2, 0) is 20.8 Å². The number of rotatable bonds is 3. The minimum absolute atomic E-state index is 0.152. The average Bonchev–Trinajstić information content (AvgIpc) is 2.56. The molecule has 3 rings (SSSR count). The maximum absolute atomic E-state index is 5.83. The number of hydrogen-bond acceptors (Lipinski definition) is 6. The maximum atomic E-state index is 5.83. The Hall–Kier alpha value is -1.24. The van der Waals surface area contributed by atoms with Gasteiger partial charge in [0.05, 0.1) is 25.6 Å². The summed E-state index contributed by atoms with van der Waals surface area (Å²) in [5.74, 6) is 0. The maximum Gasteiger partial charge on any atom is 0.395 e. The van der Waals surface area contributed by atoms with Crippen LogP contribution in [0.2, 0.25) is 0 Å². The molecule has 0 N–H and O–H groups in total. The van der Waals surface area contributed by atoms with Crippen LogP contribution >= 0.6 is 11.9 Å². The molecule has 23 heavy (non-hydrogen) atoms. The van der Waals surface area contributed by atoms with Crippen molar-refractivity contribution in [2.24, 2.45) is 4.40 Å². The van der Waals surface area contributed by atoms with Gasteiger partial charge in [0.1, 0.15) is 5.60 Å². The lowest BCUT2D eigenvalue weighted by Gasteiger charge is -2.36. The number of methoxy groups -OCH3 is 1. The molecule has 1 aromatic carbocycles. The van der Waals surface area contributed by atoms with Gasteiger partial charge in [-0.05, 0) is 36.9 Å². The Kier molecular flexibility index (Phi) is 5.14. The highest BCUT2D eigenvalue weighted by molar-refractivity contribution is 7.98. The Morgan fingerprint density at radius 2 is 1.96 bits per heavy atom. The van der Waals surface area contributed by atoms with Gasteiger partial charge in [0.2, 0.25) is 0 Å². The second-order valence-electron chi connectivity index (χ2n) is 6.38. The number of benzene rings is 1. The van der Waals surface area contributed by atoms with Crippen LogP contribution in [0, 0.1) is 0 Å². The van der Waals surface area contributed by atoms with Crippen molar-refractivity contribution in [1.29, 1.82) is 0 Å². The molecular formula is C17H24N2O3S. The Labute approximate surface area is 142 Å². The van der Waals surface area contributed by atoms with Crippen molar-refractivity contribution in [1.82, 2.24) is 4.90 Å². The van der Waals surface area contributed by atoms with Crippen LogP contribution < -0.4 is 0 Å². The van der Waals surface area contributed by atoms with Crippen LogP contribution in [-0.4, -0.2) is 50.0 Å². The summed E-state index contributed by atoms with van der Waals surface area (Å²) in [7, 11) is 1.58. The summed E-state index contributed by atoms with van der Waals surface area (Å²) >= 11 is 1.51. The minimum Gasteiger partial charge on any atom is -0.453 e. The van der Waals surface area contributed by atoms with Gasteiger partial charge in [-0.25, -0.2) is 0 Å². The van der Waals surface area contributed by atoms with Crippen LogP contribution in [0.5, 0.6) is 0 Å². The second-order valence-corrected chi connectivity index (χ2v) is 7.25. The van der Waals surface area contributed by atoms with Gasteiger partial charge in [-0.1, -0.05) is 24.3 Å². The largest absolute Gasteiger partial charge is 0.453 e. The van der Waals surface area contributed by atoms with Gasteiger partial charge in [0.25, 0.3) is 0 Å². The van der Waals surface area contributed by atoms with Gasteiger partial charge < -0.3 is 14.2 Å². The molecule has 1 atom stereocenters. The van der Waals surface area contributed by atoms with E-state index in [1.54, 1.807) is 7.11 Å². The number of ether oxygens (including phenoxy) is 3. The first-order valence-corrected chi connectivity index (χ1v) is 8.78.